The summed E-state index contributed by atoms with van der Waals surface area (Å²) in [5.41, 5.74) is 1.18. The molecule has 0 aromatic heterocycles. The van der Waals surface area contributed by atoms with Gasteiger partial charge in [-0.25, -0.2) is 0 Å². The molecule has 0 bridgehead atoms. The van der Waals surface area contributed by atoms with Gasteiger partial charge in [-0.05, 0) is 11.5 Å². The fourth-order valence-electron chi connectivity index (χ4n) is 2.15. The summed E-state index contributed by atoms with van der Waals surface area (Å²) in [5, 5.41) is 3.31. The molecule has 0 saturated heterocycles. The summed E-state index contributed by atoms with van der Waals surface area (Å²) in [7, 11) is 1.45. The third-order valence-electron chi connectivity index (χ3n) is 3.34. The molecule has 1 rings (SSSR count). The van der Waals surface area contributed by atoms with Crippen LogP contribution in [-0.4, -0.2) is 19.1 Å². The molecule has 18 heavy (non-hydrogen) atoms. The van der Waals surface area contributed by atoms with Crippen molar-refractivity contribution in [2.75, 3.05) is 7.11 Å². The fourth-order valence-corrected chi connectivity index (χ4v) is 2.15. The average molecular weight is 249 g/mol. The van der Waals surface area contributed by atoms with E-state index in [-0.39, 0.29) is 12.0 Å². The van der Waals surface area contributed by atoms with Crippen LogP contribution < -0.4 is 5.32 Å². The minimum atomic E-state index is -0.217. The third kappa shape index (κ3) is 4.15. The molecule has 0 amide bonds. The maximum atomic E-state index is 11.8. The van der Waals surface area contributed by atoms with E-state index in [1.807, 2.05) is 30.3 Å². The Morgan fingerprint density at radius 2 is 1.83 bits per heavy atom. The molecule has 100 valence electrons. The molecule has 1 atom stereocenters. The molecule has 0 aliphatic rings. The Kier molecular flexibility index (Phi) is 6.44. The van der Waals surface area contributed by atoms with E-state index in [0.29, 0.717) is 12.5 Å². The first-order valence-corrected chi connectivity index (χ1v) is 6.58. The van der Waals surface area contributed by atoms with Gasteiger partial charge in [0.25, 0.3) is 0 Å². The topological polar surface area (TPSA) is 38.3 Å². The number of nitrogens with one attached hydrogen (secondary N) is 1. The first kappa shape index (κ1) is 14.7. The predicted octanol–water partition coefficient (Wildman–Crippen LogP) is 2.75. The van der Waals surface area contributed by atoms with Crippen LogP contribution in [0.1, 0.15) is 32.3 Å². The average Bonchev–Trinajstić information content (AvgIpc) is 2.43. The van der Waals surface area contributed by atoms with Gasteiger partial charge in [0.15, 0.2) is 0 Å². The first-order chi connectivity index (χ1) is 8.72. The van der Waals surface area contributed by atoms with Crippen molar-refractivity contribution in [1.29, 1.82) is 0 Å². The molecule has 0 radical (unpaired) electrons. The number of ether oxygens (including phenoxy) is 1. The lowest BCUT2D eigenvalue weighted by atomic mass is 9.94. The second-order valence-electron chi connectivity index (χ2n) is 4.44. The number of rotatable bonds is 7. The van der Waals surface area contributed by atoms with E-state index < -0.39 is 0 Å². The lowest BCUT2D eigenvalue weighted by Crippen LogP contribution is -2.43. The zero-order chi connectivity index (χ0) is 13.4. The highest BCUT2D eigenvalue weighted by molar-refractivity contribution is 5.76. The summed E-state index contributed by atoms with van der Waals surface area (Å²) < 4.78 is 4.88. The molecule has 0 aliphatic heterocycles. The van der Waals surface area contributed by atoms with E-state index in [0.717, 1.165) is 12.8 Å². The molecule has 1 N–H and O–H groups in total. The summed E-state index contributed by atoms with van der Waals surface area (Å²) in [6.45, 7) is 4.90. The Morgan fingerprint density at radius 1 is 1.22 bits per heavy atom. The normalized spacial score (nSPS) is 12.4. The summed E-state index contributed by atoms with van der Waals surface area (Å²) in [5.74, 6) is 0.154. The monoisotopic (exact) mass is 249 g/mol. The van der Waals surface area contributed by atoms with E-state index in [2.05, 4.69) is 19.2 Å². The summed E-state index contributed by atoms with van der Waals surface area (Å²) in [6, 6.07) is 9.87. The van der Waals surface area contributed by atoms with Crippen molar-refractivity contribution >= 4 is 5.97 Å². The molecule has 0 saturated carbocycles. The number of carbonyl (C=O) groups excluding carboxylic acids is 1. The van der Waals surface area contributed by atoms with Crippen molar-refractivity contribution in [3.8, 4) is 0 Å². The van der Waals surface area contributed by atoms with Gasteiger partial charge in [-0.2, -0.15) is 0 Å². The van der Waals surface area contributed by atoms with Crippen LogP contribution in [0.25, 0.3) is 0 Å². The van der Waals surface area contributed by atoms with E-state index in [9.17, 15) is 4.79 Å². The number of carbonyl (C=O) groups is 1. The Hall–Kier alpha value is -1.35. The number of hydrogen-bond donors (Lipinski definition) is 1. The fraction of sp³-hybridized carbons (Fsp3) is 0.533. The minimum Gasteiger partial charge on any atom is -0.468 e. The first-order valence-electron chi connectivity index (χ1n) is 6.58. The number of esters is 1. The van der Waals surface area contributed by atoms with Crippen molar-refractivity contribution < 1.29 is 9.53 Å². The molecule has 0 aliphatic carbocycles. The largest absolute Gasteiger partial charge is 0.468 e. The molecule has 0 fully saturated rings. The number of benzene rings is 1. The van der Waals surface area contributed by atoms with Gasteiger partial charge in [0.2, 0.25) is 0 Å². The quantitative estimate of drug-likeness (QED) is 0.755. The number of methoxy groups -OCH3 is 1. The van der Waals surface area contributed by atoms with Gasteiger partial charge in [0, 0.05) is 6.54 Å². The molecule has 3 heteroatoms. The molecular formula is C15H23NO2. The molecule has 3 nitrogen and oxygen atoms in total. The summed E-state index contributed by atoms with van der Waals surface area (Å²) in [4.78, 5) is 11.8. The molecule has 1 aromatic rings. The Labute approximate surface area is 110 Å². The van der Waals surface area contributed by atoms with Crippen LogP contribution in [0.2, 0.25) is 0 Å². The van der Waals surface area contributed by atoms with Crippen molar-refractivity contribution in [2.45, 2.75) is 39.3 Å². The van der Waals surface area contributed by atoms with Crippen LogP contribution in [0.5, 0.6) is 0 Å². The molecular weight excluding hydrogens is 226 g/mol. The minimum absolute atomic E-state index is 0.167. The van der Waals surface area contributed by atoms with Crippen LogP contribution in [0.4, 0.5) is 0 Å². The van der Waals surface area contributed by atoms with Gasteiger partial charge in [-0.15, -0.1) is 0 Å². The van der Waals surface area contributed by atoms with Gasteiger partial charge in [0.05, 0.1) is 7.11 Å². The van der Waals surface area contributed by atoms with Gasteiger partial charge >= 0.3 is 5.97 Å². The molecule has 0 heterocycles. The van der Waals surface area contributed by atoms with Crippen molar-refractivity contribution in [1.82, 2.24) is 5.32 Å². The summed E-state index contributed by atoms with van der Waals surface area (Å²) in [6.07, 6.45) is 1.94. The molecule has 0 spiro atoms. The maximum absolute atomic E-state index is 11.8. The highest BCUT2D eigenvalue weighted by Gasteiger charge is 2.26. The third-order valence-corrected chi connectivity index (χ3v) is 3.34. The molecule has 1 unspecified atom stereocenters. The van der Waals surface area contributed by atoms with Gasteiger partial charge in [0.1, 0.15) is 6.04 Å². The van der Waals surface area contributed by atoms with Crippen LogP contribution in [0.3, 0.4) is 0 Å². The van der Waals surface area contributed by atoms with Gasteiger partial charge in [-0.1, -0.05) is 57.0 Å². The Morgan fingerprint density at radius 3 is 2.33 bits per heavy atom. The second kappa shape index (κ2) is 7.88. The Bertz CT molecular complexity index is 347. The highest BCUT2D eigenvalue weighted by Crippen LogP contribution is 2.15. The SMILES string of the molecule is CCC(CC)C(NCc1ccccc1)C(=O)OC. The van der Waals surface area contributed by atoms with Crippen LogP contribution >= 0.6 is 0 Å². The highest BCUT2D eigenvalue weighted by atomic mass is 16.5. The lowest BCUT2D eigenvalue weighted by Gasteiger charge is -2.24. The second-order valence-corrected chi connectivity index (χ2v) is 4.44. The smallest absolute Gasteiger partial charge is 0.323 e. The zero-order valence-electron chi connectivity index (χ0n) is 11.5. The summed E-state index contributed by atoms with van der Waals surface area (Å²) >= 11 is 0. The van der Waals surface area contributed by atoms with Crippen LogP contribution in [0.15, 0.2) is 30.3 Å². The predicted molar refractivity (Wildman–Crippen MR) is 73.2 cm³/mol. The zero-order valence-corrected chi connectivity index (χ0v) is 11.5. The van der Waals surface area contributed by atoms with Crippen molar-refractivity contribution in [3.05, 3.63) is 35.9 Å². The molecule has 1 aromatic carbocycles. The van der Waals surface area contributed by atoms with Crippen molar-refractivity contribution in [3.63, 3.8) is 0 Å². The lowest BCUT2D eigenvalue weighted by molar-refractivity contribution is -0.144. The van der Waals surface area contributed by atoms with Crippen LogP contribution in [0, 0.1) is 5.92 Å². The van der Waals surface area contributed by atoms with Gasteiger partial charge < -0.3 is 10.1 Å². The maximum Gasteiger partial charge on any atom is 0.323 e. The van der Waals surface area contributed by atoms with E-state index >= 15 is 0 Å². The number of hydrogen-bond acceptors (Lipinski definition) is 3. The van der Waals surface area contributed by atoms with Crippen LogP contribution in [-0.2, 0) is 16.1 Å². The standard InChI is InChI=1S/C15H23NO2/c1-4-13(5-2)14(15(17)18-3)16-11-12-9-7-6-8-10-12/h6-10,13-14,16H,4-5,11H2,1-3H3. The van der Waals surface area contributed by atoms with Gasteiger partial charge in [-0.3, -0.25) is 4.79 Å². The van der Waals surface area contributed by atoms with Crippen molar-refractivity contribution in [2.24, 2.45) is 5.92 Å². The van der Waals surface area contributed by atoms with E-state index in [4.69, 9.17) is 4.74 Å². The van der Waals surface area contributed by atoms with E-state index in [1.54, 1.807) is 0 Å². The van der Waals surface area contributed by atoms with E-state index in [1.165, 1.54) is 12.7 Å². The Balaban J connectivity index is 2.64.